The minimum absolute atomic E-state index is 0.270. The van der Waals surface area contributed by atoms with Gasteiger partial charge < -0.3 is 4.74 Å². The van der Waals surface area contributed by atoms with Crippen LogP contribution in [0.15, 0.2) is 28.7 Å². The van der Waals surface area contributed by atoms with E-state index in [0.717, 1.165) is 26.8 Å². The zero-order valence-corrected chi connectivity index (χ0v) is 12.6. The molecule has 0 atom stereocenters. The molecule has 7 heteroatoms. The van der Waals surface area contributed by atoms with Crippen LogP contribution in [0.2, 0.25) is 0 Å². The Hall–Kier alpha value is -2.02. The lowest BCUT2D eigenvalue weighted by atomic mass is 10.2. The van der Waals surface area contributed by atoms with Crippen molar-refractivity contribution in [1.29, 1.82) is 0 Å². The van der Waals surface area contributed by atoms with Crippen molar-refractivity contribution < 1.29 is 4.74 Å². The van der Waals surface area contributed by atoms with Crippen LogP contribution in [0.1, 0.15) is 11.5 Å². The Bertz CT molecular complexity index is 771. The third kappa shape index (κ3) is 2.49. The molecule has 0 saturated heterocycles. The van der Waals surface area contributed by atoms with Gasteiger partial charge in [0.2, 0.25) is 5.82 Å². The van der Waals surface area contributed by atoms with E-state index in [1.54, 1.807) is 7.05 Å². The molecule has 102 valence electrons. The van der Waals surface area contributed by atoms with Gasteiger partial charge in [-0.15, -0.1) is 10.2 Å². The second kappa shape index (κ2) is 5.16. The minimum Gasteiger partial charge on any atom is -0.484 e. The van der Waals surface area contributed by atoms with Gasteiger partial charge in [0.1, 0.15) is 5.75 Å². The molecule has 0 fully saturated rings. The van der Waals surface area contributed by atoms with Crippen molar-refractivity contribution in [2.24, 2.45) is 7.05 Å². The third-order valence-electron chi connectivity index (χ3n) is 2.86. The molecule has 20 heavy (non-hydrogen) atoms. The number of benzene rings is 1. The number of halogens is 1. The lowest BCUT2D eigenvalue weighted by molar-refractivity contribution is 0.292. The first kappa shape index (κ1) is 13.0. The van der Waals surface area contributed by atoms with Gasteiger partial charge in [-0.05, 0) is 30.3 Å². The highest BCUT2D eigenvalue weighted by Gasteiger charge is 2.08. The second-order valence-corrected chi connectivity index (χ2v) is 5.22. The highest BCUT2D eigenvalue weighted by atomic mass is 79.9. The fourth-order valence-corrected chi connectivity index (χ4v) is 2.38. The number of nitrogens with zero attached hydrogens (tertiary/aromatic N) is 5. The molecular weight excluding hydrogens is 322 g/mol. The molecule has 0 aliphatic carbocycles. The quantitative estimate of drug-likeness (QED) is 0.736. The zero-order valence-electron chi connectivity index (χ0n) is 11.0. The normalized spacial score (nSPS) is 10.9. The van der Waals surface area contributed by atoms with Crippen LogP contribution in [0.25, 0.3) is 10.9 Å². The van der Waals surface area contributed by atoms with Gasteiger partial charge in [0, 0.05) is 9.86 Å². The Morgan fingerprint density at radius 1 is 1.35 bits per heavy atom. The summed E-state index contributed by atoms with van der Waals surface area (Å²) in [5.41, 5.74) is 1.77. The maximum atomic E-state index is 5.74. The van der Waals surface area contributed by atoms with Crippen LogP contribution < -0.4 is 4.74 Å². The molecule has 0 aliphatic heterocycles. The van der Waals surface area contributed by atoms with Crippen molar-refractivity contribution in [2.45, 2.75) is 13.5 Å². The number of tetrazole rings is 1. The molecule has 2 heterocycles. The zero-order chi connectivity index (χ0) is 14.1. The first-order chi connectivity index (χ1) is 9.63. The first-order valence-electron chi connectivity index (χ1n) is 6.05. The summed E-state index contributed by atoms with van der Waals surface area (Å²) in [6.45, 7) is 2.19. The molecule has 0 amide bonds. The summed E-state index contributed by atoms with van der Waals surface area (Å²) in [6, 6.07) is 7.88. The smallest absolute Gasteiger partial charge is 0.212 e. The summed E-state index contributed by atoms with van der Waals surface area (Å²) in [6.07, 6.45) is 0. The van der Waals surface area contributed by atoms with Gasteiger partial charge in [-0.3, -0.25) is 0 Å². The van der Waals surface area contributed by atoms with E-state index in [-0.39, 0.29) is 6.61 Å². The minimum atomic E-state index is 0.270. The lowest BCUT2D eigenvalue weighted by Gasteiger charge is -2.09. The van der Waals surface area contributed by atoms with Crippen LogP contribution in [-0.4, -0.2) is 25.2 Å². The van der Waals surface area contributed by atoms with Gasteiger partial charge in [-0.25, -0.2) is 4.98 Å². The fraction of sp³-hybridized carbons (Fsp3) is 0.231. The number of hydrogen-bond acceptors (Lipinski definition) is 5. The first-order valence-corrected chi connectivity index (χ1v) is 6.84. The van der Waals surface area contributed by atoms with E-state index < -0.39 is 0 Å². The van der Waals surface area contributed by atoms with Crippen molar-refractivity contribution in [1.82, 2.24) is 25.2 Å². The van der Waals surface area contributed by atoms with Crippen LogP contribution in [0, 0.1) is 6.92 Å². The predicted molar refractivity (Wildman–Crippen MR) is 77.3 cm³/mol. The summed E-state index contributed by atoms with van der Waals surface area (Å²) in [5.74, 6) is 1.26. The lowest BCUT2D eigenvalue weighted by Crippen LogP contribution is -2.01. The molecule has 3 rings (SSSR count). The number of hydrogen-bond donors (Lipinski definition) is 0. The molecule has 0 spiro atoms. The molecule has 0 aliphatic rings. The van der Waals surface area contributed by atoms with Gasteiger partial charge in [0.25, 0.3) is 0 Å². The summed E-state index contributed by atoms with van der Waals surface area (Å²) >= 11 is 3.52. The molecule has 3 aromatic rings. The van der Waals surface area contributed by atoms with Gasteiger partial charge in [0.15, 0.2) is 6.61 Å². The second-order valence-electron chi connectivity index (χ2n) is 4.36. The Balaban J connectivity index is 1.91. The van der Waals surface area contributed by atoms with Crippen molar-refractivity contribution in [3.05, 3.63) is 40.3 Å². The van der Waals surface area contributed by atoms with E-state index in [1.165, 1.54) is 4.80 Å². The maximum absolute atomic E-state index is 5.74. The van der Waals surface area contributed by atoms with E-state index in [9.17, 15) is 0 Å². The van der Waals surface area contributed by atoms with Crippen LogP contribution in [-0.2, 0) is 13.7 Å². The number of aromatic nitrogens is 5. The van der Waals surface area contributed by atoms with Crippen LogP contribution in [0.4, 0.5) is 0 Å². The topological polar surface area (TPSA) is 65.7 Å². The number of rotatable bonds is 3. The Labute approximate surface area is 123 Å². The van der Waals surface area contributed by atoms with Crippen LogP contribution >= 0.6 is 15.9 Å². The van der Waals surface area contributed by atoms with Crippen molar-refractivity contribution in [3.8, 4) is 5.75 Å². The monoisotopic (exact) mass is 333 g/mol. The highest BCUT2D eigenvalue weighted by Crippen LogP contribution is 2.28. The molecule has 0 radical (unpaired) electrons. The van der Waals surface area contributed by atoms with E-state index in [4.69, 9.17) is 4.74 Å². The van der Waals surface area contributed by atoms with Crippen molar-refractivity contribution in [3.63, 3.8) is 0 Å². The predicted octanol–water partition coefficient (Wildman–Crippen LogP) is 2.41. The van der Waals surface area contributed by atoms with Crippen LogP contribution in [0.5, 0.6) is 5.75 Å². The van der Waals surface area contributed by atoms with Gasteiger partial charge in [-0.2, -0.15) is 4.80 Å². The van der Waals surface area contributed by atoms with Crippen molar-refractivity contribution >= 4 is 26.8 Å². The summed E-state index contributed by atoms with van der Waals surface area (Å²) in [7, 11) is 1.72. The molecule has 6 nitrogen and oxygen atoms in total. The Kier molecular flexibility index (Phi) is 3.35. The maximum Gasteiger partial charge on any atom is 0.212 e. The number of ether oxygens (including phenoxy) is 1. The summed E-state index contributed by atoms with van der Waals surface area (Å²) in [5, 5.41) is 12.7. The Morgan fingerprint density at radius 2 is 2.20 bits per heavy atom. The standard InChI is InChI=1S/C13H12BrN5O/c1-8-12(20-7-13-16-18-19(2)17-13)6-9-10(14)4-3-5-11(9)15-8/h3-6H,7H2,1-2H3. The molecule has 0 unspecified atom stereocenters. The number of aryl methyl sites for hydroxylation is 2. The number of fused-ring (bicyclic) bond motifs is 1. The molecule has 2 aromatic heterocycles. The van der Waals surface area contributed by atoms with Gasteiger partial charge >= 0.3 is 0 Å². The molecule has 0 saturated carbocycles. The molecule has 0 bridgehead atoms. The van der Waals surface area contributed by atoms with Crippen molar-refractivity contribution in [2.75, 3.05) is 0 Å². The average molecular weight is 334 g/mol. The van der Waals surface area contributed by atoms with E-state index in [2.05, 4.69) is 36.3 Å². The van der Waals surface area contributed by atoms with E-state index >= 15 is 0 Å². The summed E-state index contributed by atoms with van der Waals surface area (Å²) in [4.78, 5) is 5.94. The molecule has 1 aromatic carbocycles. The third-order valence-corrected chi connectivity index (χ3v) is 3.55. The molecule has 0 N–H and O–H groups in total. The fourth-order valence-electron chi connectivity index (χ4n) is 1.91. The highest BCUT2D eigenvalue weighted by molar-refractivity contribution is 9.10. The largest absolute Gasteiger partial charge is 0.484 e. The average Bonchev–Trinajstić information content (AvgIpc) is 2.83. The Morgan fingerprint density at radius 3 is 2.95 bits per heavy atom. The SMILES string of the molecule is Cc1nc2cccc(Br)c2cc1OCc1nnn(C)n1. The van der Waals surface area contributed by atoms with Gasteiger partial charge in [0.05, 0.1) is 18.3 Å². The molecular formula is C13H12BrN5O. The summed E-state index contributed by atoms with van der Waals surface area (Å²) < 4.78 is 6.73. The van der Waals surface area contributed by atoms with E-state index in [0.29, 0.717) is 5.82 Å². The number of pyridine rings is 1. The van der Waals surface area contributed by atoms with E-state index in [1.807, 2.05) is 31.2 Å². The van der Waals surface area contributed by atoms with Crippen LogP contribution in [0.3, 0.4) is 0 Å². The van der Waals surface area contributed by atoms with Gasteiger partial charge in [-0.1, -0.05) is 22.0 Å².